The van der Waals surface area contributed by atoms with Crippen molar-refractivity contribution in [1.29, 1.82) is 0 Å². The van der Waals surface area contributed by atoms with Gasteiger partial charge in [-0.15, -0.1) is 23.7 Å². The minimum Gasteiger partial charge on any atom is -0.412 e. The van der Waals surface area contributed by atoms with Crippen LogP contribution in [0.3, 0.4) is 0 Å². The Morgan fingerprint density at radius 1 is 0.744 bits per heavy atom. The maximum Gasteiger partial charge on any atom is 0.277 e. The molecular weight excluding hydrogens is 556 g/mol. The van der Waals surface area contributed by atoms with E-state index in [1.807, 2.05) is 86.5 Å². The summed E-state index contributed by atoms with van der Waals surface area (Å²) in [5, 5.41) is 1.70. The maximum atomic E-state index is 13.2. The third kappa shape index (κ3) is 7.67. The molecule has 0 spiro atoms. The number of thiophene rings is 1. The van der Waals surface area contributed by atoms with E-state index >= 15 is 0 Å². The highest BCUT2D eigenvalue weighted by molar-refractivity contribution is 7.94. The zero-order valence-corrected chi connectivity index (χ0v) is 24.4. The molecule has 0 atom stereocenters. The minimum absolute atomic E-state index is 0. The molecule has 0 radical (unpaired) electrons. The van der Waals surface area contributed by atoms with Crippen LogP contribution in [-0.4, -0.2) is 53.7 Å². The summed E-state index contributed by atoms with van der Waals surface area (Å²) < 4.78 is 27.7. The number of rotatable bonds is 8. The summed E-state index contributed by atoms with van der Waals surface area (Å²) in [5.74, 6) is -0.420. The summed E-state index contributed by atoms with van der Waals surface area (Å²) >= 11 is 1.14. The van der Waals surface area contributed by atoms with E-state index in [0.717, 1.165) is 33.8 Å². The van der Waals surface area contributed by atoms with Crippen molar-refractivity contribution in [2.45, 2.75) is 4.21 Å². The lowest BCUT2D eigenvalue weighted by atomic mass is 10.0. The molecule has 1 heterocycles. The van der Waals surface area contributed by atoms with Crippen molar-refractivity contribution >= 4 is 62.4 Å². The number of nitrogens with one attached hydrogen (secondary N) is 1. The summed E-state index contributed by atoms with van der Waals surface area (Å²) in [6.45, 7) is 0. The Labute approximate surface area is 239 Å². The molecule has 0 unspecified atom stereocenters. The van der Waals surface area contributed by atoms with Gasteiger partial charge >= 0.3 is 0 Å². The van der Waals surface area contributed by atoms with Crippen molar-refractivity contribution in [2.75, 3.05) is 42.7 Å². The van der Waals surface area contributed by atoms with Crippen molar-refractivity contribution in [3.05, 3.63) is 107 Å². The maximum absolute atomic E-state index is 13.2. The van der Waals surface area contributed by atoms with Crippen LogP contribution in [-0.2, 0) is 10.0 Å². The molecule has 1 aromatic heterocycles. The molecule has 4 aromatic rings. The zero-order chi connectivity index (χ0) is 26.6. The summed E-state index contributed by atoms with van der Waals surface area (Å²) in [7, 11) is 4.22. The number of carbonyl (C=O) groups is 1. The fraction of sp³-hybridized carbons (Fsp3) is 0.143. The van der Waals surface area contributed by atoms with Crippen molar-refractivity contribution in [1.82, 2.24) is 0 Å². The van der Waals surface area contributed by atoms with Gasteiger partial charge in [0.15, 0.2) is 0 Å². The SMILES string of the molecule is CN(C)c1ccc(C(=NC(=O)c2ccc(NS(=O)(=O)c3cccs3)cc2)c2ccc(N(C)C)cc2)cc1.Cl.O. The van der Waals surface area contributed by atoms with E-state index in [-0.39, 0.29) is 22.1 Å². The predicted octanol–water partition coefficient (Wildman–Crippen LogP) is 4.96. The summed E-state index contributed by atoms with van der Waals surface area (Å²) in [6.07, 6.45) is 0. The Balaban J connectivity index is 0.00000267. The number of amides is 1. The van der Waals surface area contributed by atoms with Crippen molar-refractivity contribution in [3.8, 4) is 0 Å². The molecule has 0 aliphatic rings. The van der Waals surface area contributed by atoms with Gasteiger partial charge in [-0.1, -0.05) is 30.3 Å². The zero-order valence-electron chi connectivity index (χ0n) is 22.0. The van der Waals surface area contributed by atoms with Gasteiger partial charge in [0.05, 0.1) is 5.71 Å². The van der Waals surface area contributed by atoms with Gasteiger partial charge in [0, 0.05) is 61.9 Å². The molecule has 11 heteroatoms. The summed E-state index contributed by atoms with van der Waals surface area (Å²) in [4.78, 5) is 21.7. The highest BCUT2D eigenvalue weighted by atomic mass is 35.5. The Morgan fingerprint density at radius 3 is 1.62 bits per heavy atom. The van der Waals surface area contributed by atoms with E-state index in [4.69, 9.17) is 0 Å². The number of benzene rings is 3. The molecule has 8 nitrogen and oxygen atoms in total. The number of hydrogen-bond donors (Lipinski definition) is 1. The number of nitrogens with zero attached hydrogens (tertiary/aromatic N) is 3. The fourth-order valence-electron chi connectivity index (χ4n) is 3.60. The molecule has 0 aliphatic heterocycles. The van der Waals surface area contributed by atoms with Crippen LogP contribution < -0.4 is 14.5 Å². The van der Waals surface area contributed by atoms with E-state index in [0.29, 0.717) is 17.0 Å². The monoisotopic (exact) mass is 586 g/mol. The quantitative estimate of drug-likeness (QED) is 0.293. The molecular formula is C28H31ClN4O4S2. The average molecular weight is 587 g/mol. The van der Waals surface area contributed by atoms with E-state index in [2.05, 4.69) is 9.71 Å². The van der Waals surface area contributed by atoms with Gasteiger partial charge in [-0.25, -0.2) is 13.4 Å². The number of halogens is 1. The third-order valence-electron chi connectivity index (χ3n) is 5.67. The highest BCUT2D eigenvalue weighted by Gasteiger charge is 2.16. The van der Waals surface area contributed by atoms with Gasteiger partial charge in [-0.3, -0.25) is 9.52 Å². The Morgan fingerprint density at radius 2 is 1.21 bits per heavy atom. The van der Waals surface area contributed by atoms with Crippen molar-refractivity contribution in [2.24, 2.45) is 4.99 Å². The lowest BCUT2D eigenvalue weighted by Gasteiger charge is -2.15. The highest BCUT2D eigenvalue weighted by Crippen LogP contribution is 2.22. The molecule has 3 aromatic carbocycles. The minimum atomic E-state index is -3.66. The number of carbonyl (C=O) groups excluding carboxylic acids is 1. The largest absolute Gasteiger partial charge is 0.412 e. The normalized spacial score (nSPS) is 10.5. The Kier molecular flexibility index (Phi) is 10.8. The first kappa shape index (κ1) is 31.5. The second-order valence-corrected chi connectivity index (χ2v) is 11.6. The second-order valence-electron chi connectivity index (χ2n) is 8.76. The number of hydrogen-bond acceptors (Lipinski definition) is 6. The van der Waals surface area contributed by atoms with E-state index in [1.165, 1.54) is 6.07 Å². The number of anilines is 3. The van der Waals surface area contributed by atoms with Crippen LogP contribution in [0.4, 0.5) is 17.1 Å². The van der Waals surface area contributed by atoms with Crippen LogP contribution in [0, 0.1) is 0 Å². The predicted molar refractivity (Wildman–Crippen MR) is 164 cm³/mol. The number of aliphatic imine (C=N–C) groups is 1. The van der Waals surface area contributed by atoms with Gasteiger partial charge < -0.3 is 15.3 Å². The number of sulfonamides is 1. The molecule has 1 amide bonds. The summed E-state index contributed by atoms with van der Waals surface area (Å²) in [5.41, 5.74) is 4.99. The Bertz CT molecular complexity index is 1450. The van der Waals surface area contributed by atoms with Gasteiger partial charge in [-0.05, 0) is 60.0 Å². The lowest BCUT2D eigenvalue weighted by Crippen LogP contribution is -2.12. The van der Waals surface area contributed by atoms with Crippen LogP contribution in [0.5, 0.6) is 0 Å². The van der Waals surface area contributed by atoms with Gasteiger partial charge in [-0.2, -0.15) is 0 Å². The van der Waals surface area contributed by atoms with Gasteiger partial charge in [0.25, 0.3) is 15.9 Å². The first-order valence-electron chi connectivity index (χ1n) is 11.5. The first-order valence-corrected chi connectivity index (χ1v) is 13.9. The van der Waals surface area contributed by atoms with Gasteiger partial charge in [0.1, 0.15) is 4.21 Å². The molecule has 0 fully saturated rings. The smallest absolute Gasteiger partial charge is 0.277 e. The van der Waals surface area contributed by atoms with E-state index < -0.39 is 15.9 Å². The van der Waals surface area contributed by atoms with Crippen LogP contribution >= 0.6 is 23.7 Å². The average Bonchev–Trinajstić information content (AvgIpc) is 3.44. The van der Waals surface area contributed by atoms with E-state index in [1.54, 1.807) is 35.7 Å². The molecule has 0 saturated carbocycles. The molecule has 0 bridgehead atoms. The van der Waals surface area contributed by atoms with E-state index in [9.17, 15) is 13.2 Å². The standard InChI is InChI=1S/C28H28N4O3S2.ClH.H2O/c1-31(2)24-15-9-20(10-16-24)27(21-11-17-25(18-12-21)32(3)4)29-28(33)22-7-13-23(14-8-22)30-37(34,35)26-6-5-19-36-26;;/h5-19,30H,1-4H3;1H;1H2. The van der Waals surface area contributed by atoms with Crippen LogP contribution in [0.1, 0.15) is 21.5 Å². The van der Waals surface area contributed by atoms with Crippen LogP contribution in [0.15, 0.2) is 99.5 Å². The topological polar surface area (TPSA) is 114 Å². The Hall–Kier alpha value is -3.70. The van der Waals surface area contributed by atoms with Gasteiger partial charge in [0.2, 0.25) is 0 Å². The van der Waals surface area contributed by atoms with Crippen LogP contribution in [0.25, 0.3) is 0 Å². The molecule has 206 valence electrons. The molecule has 39 heavy (non-hydrogen) atoms. The first-order chi connectivity index (χ1) is 17.6. The fourth-order valence-corrected chi connectivity index (χ4v) is 5.65. The molecule has 3 N–H and O–H groups in total. The molecule has 0 aliphatic carbocycles. The lowest BCUT2D eigenvalue weighted by molar-refractivity contribution is 0.100. The van der Waals surface area contributed by atoms with Crippen molar-refractivity contribution in [3.63, 3.8) is 0 Å². The third-order valence-corrected chi connectivity index (χ3v) is 8.45. The van der Waals surface area contributed by atoms with Crippen LogP contribution in [0.2, 0.25) is 0 Å². The molecule has 4 rings (SSSR count). The summed E-state index contributed by atoms with van der Waals surface area (Å²) in [6, 6.07) is 25.2. The van der Waals surface area contributed by atoms with Crippen molar-refractivity contribution < 1.29 is 18.7 Å². The molecule has 0 saturated heterocycles. The second kappa shape index (κ2) is 13.4.